The van der Waals surface area contributed by atoms with Gasteiger partial charge in [0.05, 0.1) is 26.2 Å². The number of carboxylic acids is 1. The van der Waals surface area contributed by atoms with E-state index in [0.29, 0.717) is 111 Å². The van der Waals surface area contributed by atoms with Crippen LogP contribution in [0.15, 0.2) is 146 Å². The van der Waals surface area contributed by atoms with Crippen LogP contribution >= 0.6 is 0 Å². The summed E-state index contributed by atoms with van der Waals surface area (Å²) in [5.74, 6) is 3.38. The van der Waals surface area contributed by atoms with Crippen molar-refractivity contribution in [3.63, 3.8) is 0 Å². The standard InChI is InChI=1S/C36H51N3O5.C31H43N3O3.C27H35NO4.C9H18N2O2.ClH/c1-26(2)28-16-13-27(14-17-28)15-18-32(40)29-10-9-19-39(25-29)30-11-8-12-31(24-30)43-36(6,7)33(41)37-20-22-38(23-21-37)34(42)44-35(3,4)5;1-23(2)25-13-10-24(11-14-25)12-15-29(35)26-7-6-18-34(22-26)27-8-5-9-28(21-27)37-31(3,4)30(36)33-19-16-32-17-20-33;1-19(2)21-13-10-20(11-14-21)12-15-25(29)22-7-6-16-28(18-22)23-8-5-9-24(17-23)32-27(3,4)26(30)31;1-9(2,3)13-8(12)11-6-4-10-5-7-11;/h8,11-14,16-17,24,26,29H,9-10,15,18-23,25H2,1-7H3;5,8-11,13-14,21,23,26,32H,6-7,12,15-20,22H2,1-4H3;5,8-11,13-14,17,19,22H,6-7,12,15-16,18H2,1-4H3,(H,30,31);10H,4-7H2,1-3H3;1H. The highest BCUT2D eigenvalue weighted by Gasteiger charge is 2.40. The number of nitrogens with two attached hydrogens (primary N) is 1. The van der Waals surface area contributed by atoms with Crippen LogP contribution in [-0.4, -0.2) is 218 Å². The van der Waals surface area contributed by atoms with Crippen molar-refractivity contribution >= 4 is 64.4 Å². The second-order valence-electron chi connectivity index (χ2n) is 39.2. The number of ketones is 3. The van der Waals surface area contributed by atoms with Crippen molar-refractivity contribution in [1.82, 2.24) is 24.9 Å². The molecule has 0 radical (unpaired) electrons. The number of piperidine rings is 3. The number of aryl methyl sites for hydroxylation is 3. The number of benzene rings is 6. The summed E-state index contributed by atoms with van der Waals surface area (Å²) in [5, 5.41) is 14.7. The van der Waals surface area contributed by atoms with Gasteiger partial charge in [-0.25, -0.2) is 14.4 Å². The molecule has 6 aromatic carbocycles. The summed E-state index contributed by atoms with van der Waals surface area (Å²) in [6, 6.07) is 49.2. The number of nitrogens with zero attached hydrogens (tertiary/aromatic N) is 7. The van der Waals surface area contributed by atoms with E-state index in [4.69, 9.17) is 23.7 Å². The number of piperazine rings is 3. The van der Waals surface area contributed by atoms with Crippen LogP contribution in [0.25, 0.3) is 0 Å². The Morgan fingerprint density at radius 1 is 0.386 bits per heavy atom. The van der Waals surface area contributed by atoms with Gasteiger partial charge >= 0.3 is 18.2 Å². The zero-order valence-electron chi connectivity index (χ0n) is 79.4. The minimum atomic E-state index is -1.30. The number of halogens is 1. The Morgan fingerprint density at radius 3 is 0.976 bits per heavy atom. The second-order valence-corrected chi connectivity index (χ2v) is 39.2. The molecule has 127 heavy (non-hydrogen) atoms. The lowest BCUT2D eigenvalue weighted by atomic mass is 9.90. The minimum absolute atomic E-state index is 0. The van der Waals surface area contributed by atoms with E-state index in [1.807, 2.05) is 121 Å². The molecule has 0 spiro atoms. The predicted octanol–water partition coefficient (Wildman–Crippen LogP) is 13.6. The number of amides is 4. The molecule has 6 aliphatic heterocycles. The summed E-state index contributed by atoms with van der Waals surface area (Å²) >= 11 is 0. The van der Waals surface area contributed by atoms with Crippen molar-refractivity contribution < 1.29 is 84.9 Å². The average molecular weight is 1770 g/mol. The molecule has 6 aromatic rings. The highest BCUT2D eigenvalue weighted by molar-refractivity contribution is 5.87. The van der Waals surface area contributed by atoms with Gasteiger partial charge in [0, 0.05) is 164 Å². The van der Waals surface area contributed by atoms with E-state index in [1.54, 1.807) is 34.6 Å². The zero-order chi connectivity index (χ0) is 91.7. The quantitative estimate of drug-likeness (QED) is 0.0433. The summed E-state index contributed by atoms with van der Waals surface area (Å²) in [7, 11) is 0. The van der Waals surface area contributed by atoms with Gasteiger partial charge in [-0.3, -0.25) is 24.0 Å². The van der Waals surface area contributed by atoms with Gasteiger partial charge in [0.1, 0.15) is 45.8 Å². The lowest BCUT2D eigenvalue weighted by Crippen LogP contribution is -3.00. The SMILES string of the molecule is CC(C)(C)OC(=O)N1CCNCC1.CC(C)c1ccc(CCC(=O)C2CCCN(c3cccc(OC(C)(C)C(=O)N4CCN(C(=O)OC(C)(C)C)CC4)c3)C2)cc1.CC(C)c1ccc(CCC(=O)C2CCCN(c3cccc(OC(C)(C)C(=O)N4CC[NH2+]CC4)c3)C2)cc1.CC(C)c1ccc(CCC(=O)C2CCCN(c3cccc(OC(C)(C)C(=O)O)c3)C2)cc1.[Cl-]. The van der Waals surface area contributed by atoms with Crippen LogP contribution in [0.4, 0.5) is 26.7 Å². The molecule has 24 heteroatoms. The molecule has 0 aliphatic carbocycles. The number of carbonyl (C=O) groups excluding carboxylic acids is 7. The van der Waals surface area contributed by atoms with Gasteiger partial charge in [0.25, 0.3) is 11.8 Å². The van der Waals surface area contributed by atoms with Gasteiger partial charge in [0.2, 0.25) is 0 Å². The molecule has 4 N–H and O–H groups in total. The van der Waals surface area contributed by atoms with Gasteiger partial charge in [-0.05, 0) is 228 Å². The lowest BCUT2D eigenvalue weighted by Gasteiger charge is -2.39. The Hall–Kier alpha value is -9.71. The fourth-order valence-electron chi connectivity index (χ4n) is 16.6. The first-order valence-corrected chi connectivity index (χ1v) is 46.4. The van der Waals surface area contributed by atoms with E-state index in [9.17, 15) is 43.5 Å². The van der Waals surface area contributed by atoms with Crippen LogP contribution in [-0.2, 0) is 57.5 Å². The number of Topliss-reactive ketones (excluding diaryl/α,β-unsaturated/α-hetero) is 3. The highest BCUT2D eigenvalue weighted by atomic mass is 35.5. The van der Waals surface area contributed by atoms with Gasteiger partial charge in [-0.1, -0.05) is 133 Å². The summed E-state index contributed by atoms with van der Waals surface area (Å²) < 4.78 is 28.9. The van der Waals surface area contributed by atoms with E-state index in [2.05, 4.69) is 146 Å². The van der Waals surface area contributed by atoms with Crippen molar-refractivity contribution in [1.29, 1.82) is 0 Å². The van der Waals surface area contributed by atoms with E-state index in [1.165, 1.54) is 47.2 Å². The molecule has 0 bridgehead atoms. The number of aliphatic carboxylic acids is 1. The molecule has 0 aromatic heterocycles. The van der Waals surface area contributed by atoms with E-state index in [-0.39, 0.29) is 59.8 Å². The van der Waals surface area contributed by atoms with Crippen LogP contribution in [0.1, 0.15) is 234 Å². The molecule has 3 atom stereocenters. The average Bonchev–Trinajstić information content (AvgIpc) is 0.816. The van der Waals surface area contributed by atoms with Crippen molar-refractivity contribution in [2.24, 2.45) is 17.8 Å². The molecule has 23 nitrogen and oxygen atoms in total. The minimum Gasteiger partial charge on any atom is -1.00 e. The third-order valence-electron chi connectivity index (χ3n) is 24.2. The van der Waals surface area contributed by atoms with Crippen molar-refractivity contribution in [3.8, 4) is 17.2 Å². The third kappa shape index (κ3) is 32.5. The predicted molar refractivity (Wildman–Crippen MR) is 501 cm³/mol. The Bertz CT molecular complexity index is 4520. The van der Waals surface area contributed by atoms with Crippen LogP contribution in [0.2, 0.25) is 0 Å². The first-order valence-electron chi connectivity index (χ1n) is 46.4. The first kappa shape index (κ1) is 103. The largest absolute Gasteiger partial charge is 1.00 e. The first-order chi connectivity index (χ1) is 59.6. The van der Waals surface area contributed by atoms with Crippen molar-refractivity contribution in [2.75, 3.05) is 133 Å². The van der Waals surface area contributed by atoms with Gasteiger partial charge in [-0.2, -0.15) is 0 Å². The van der Waals surface area contributed by atoms with Gasteiger partial charge in [0.15, 0.2) is 16.8 Å². The Kier molecular flexibility index (Phi) is 38.4. The molecule has 6 fully saturated rings. The Morgan fingerprint density at radius 2 is 0.677 bits per heavy atom. The van der Waals surface area contributed by atoms with Gasteiger partial charge in [-0.15, -0.1) is 0 Å². The van der Waals surface area contributed by atoms with Crippen molar-refractivity contribution in [3.05, 3.63) is 179 Å². The maximum atomic E-state index is 13.5. The zero-order valence-corrected chi connectivity index (χ0v) is 80.1. The number of rotatable bonds is 27. The fourth-order valence-corrected chi connectivity index (χ4v) is 16.6. The number of anilines is 3. The summed E-state index contributed by atoms with van der Waals surface area (Å²) in [4.78, 5) is 115. The second kappa shape index (κ2) is 47.6. The number of carbonyl (C=O) groups is 8. The lowest BCUT2D eigenvalue weighted by molar-refractivity contribution is -0.662. The monoisotopic (exact) mass is 1770 g/mol. The van der Waals surface area contributed by atoms with E-state index >= 15 is 0 Å². The Balaban J connectivity index is 0.000000221. The number of hydrogen-bond acceptors (Lipinski definition) is 17. The van der Waals surface area contributed by atoms with Crippen LogP contribution < -0.4 is 52.0 Å². The number of carboxylic acid groups (broad SMARTS) is 1. The van der Waals surface area contributed by atoms with Crippen molar-refractivity contribution in [2.45, 2.75) is 247 Å². The molecule has 6 aliphatic rings. The van der Waals surface area contributed by atoms with Gasteiger partial charge < -0.3 is 86.1 Å². The third-order valence-corrected chi connectivity index (χ3v) is 24.2. The number of quaternary nitrogens is 1. The fraction of sp³-hybridized carbons (Fsp3) is 0.573. The van der Waals surface area contributed by atoms with Crippen LogP contribution in [0.5, 0.6) is 17.2 Å². The smallest absolute Gasteiger partial charge is 0.410 e. The summed E-state index contributed by atoms with van der Waals surface area (Å²) in [5.41, 5.74) is 6.39. The molecule has 6 heterocycles. The molecule has 0 saturated carbocycles. The normalized spacial score (nSPS) is 17.8. The molecular formula is C103H148ClN9O14. The summed E-state index contributed by atoms with van der Waals surface area (Å²) in [6.07, 6.45) is 9.23. The Labute approximate surface area is 763 Å². The van der Waals surface area contributed by atoms with E-state index < -0.39 is 28.4 Å². The maximum absolute atomic E-state index is 13.5. The number of nitrogens with one attached hydrogen (secondary N) is 1. The van der Waals surface area contributed by atoms with E-state index in [0.717, 1.165) is 153 Å². The van der Waals surface area contributed by atoms with Crippen LogP contribution in [0.3, 0.4) is 0 Å². The van der Waals surface area contributed by atoms with Crippen LogP contribution in [0, 0.1) is 17.8 Å². The molecule has 12 rings (SSSR count). The molecular weight excluding hydrogens is 1620 g/mol. The topological polar surface area (TPSA) is 254 Å². The maximum Gasteiger partial charge on any atom is 0.410 e. The number of hydrogen-bond donors (Lipinski definition) is 3. The molecule has 6 saturated heterocycles. The molecule has 4 amide bonds. The number of ether oxygens (including phenoxy) is 5. The highest BCUT2D eigenvalue weighted by Crippen LogP contribution is 2.35. The molecule has 3 unspecified atom stereocenters. The molecule has 696 valence electrons. The summed E-state index contributed by atoms with van der Waals surface area (Å²) in [6.45, 7) is 47.8.